The number of aromatic amines is 1. The van der Waals surface area contributed by atoms with Crippen LogP contribution in [0.3, 0.4) is 0 Å². The van der Waals surface area contributed by atoms with Crippen LogP contribution >= 0.6 is 11.8 Å². The van der Waals surface area contributed by atoms with Crippen molar-refractivity contribution in [1.29, 1.82) is 0 Å². The summed E-state index contributed by atoms with van der Waals surface area (Å²) in [7, 11) is 1.30. The number of thioether (sulfide) groups is 1. The van der Waals surface area contributed by atoms with Gasteiger partial charge in [-0.3, -0.25) is 14.3 Å². The molecule has 4 rings (SSSR count). The van der Waals surface area contributed by atoms with E-state index in [9.17, 15) is 9.59 Å². The first-order valence-corrected chi connectivity index (χ1v) is 10.2. The number of rotatable bonds is 5. The van der Waals surface area contributed by atoms with E-state index in [1.165, 1.54) is 23.4 Å². The molecule has 0 saturated heterocycles. The predicted octanol–water partition coefficient (Wildman–Crippen LogP) is 3.20. The lowest BCUT2D eigenvalue weighted by Crippen LogP contribution is -2.21. The van der Waals surface area contributed by atoms with Crippen LogP contribution in [0.25, 0.3) is 16.7 Å². The largest absolute Gasteiger partial charge is 0.465 e. The summed E-state index contributed by atoms with van der Waals surface area (Å²) in [5.41, 5.74) is 2.16. The molecule has 0 amide bonds. The first-order chi connectivity index (χ1) is 14.5. The van der Waals surface area contributed by atoms with Crippen molar-refractivity contribution in [3.63, 3.8) is 0 Å². The van der Waals surface area contributed by atoms with E-state index in [1.807, 2.05) is 30.3 Å². The highest BCUT2D eigenvalue weighted by Gasteiger charge is 2.20. The van der Waals surface area contributed by atoms with Crippen LogP contribution in [-0.2, 0) is 10.5 Å². The van der Waals surface area contributed by atoms with Gasteiger partial charge in [-0.05, 0) is 25.5 Å². The molecule has 0 atom stereocenters. The number of fused-ring (bicyclic) bond motifs is 1. The molecule has 9 heteroatoms. The van der Waals surface area contributed by atoms with E-state index in [-0.39, 0.29) is 5.56 Å². The number of nitrogens with one attached hydrogen (secondary N) is 1. The van der Waals surface area contributed by atoms with Gasteiger partial charge in [-0.1, -0.05) is 42.1 Å². The number of H-pyrrole nitrogens is 1. The quantitative estimate of drug-likeness (QED) is 0.390. The van der Waals surface area contributed by atoms with Crippen LogP contribution < -0.4 is 5.56 Å². The van der Waals surface area contributed by atoms with Crippen molar-refractivity contribution in [3.05, 3.63) is 75.5 Å². The minimum Gasteiger partial charge on any atom is -0.465 e. The second kappa shape index (κ2) is 8.11. The number of hydrogen-bond donors (Lipinski definition) is 1. The summed E-state index contributed by atoms with van der Waals surface area (Å²) in [6, 6.07) is 11.7. The zero-order valence-corrected chi connectivity index (χ0v) is 17.5. The molecule has 3 aromatic heterocycles. The van der Waals surface area contributed by atoms with Crippen molar-refractivity contribution < 1.29 is 9.53 Å². The van der Waals surface area contributed by atoms with Gasteiger partial charge >= 0.3 is 5.97 Å². The van der Waals surface area contributed by atoms with Gasteiger partial charge in [0.15, 0.2) is 0 Å². The Morgan fingerprint density at radius 1 is 1.13 bits per heavy atom. The molecular weight excluding hydrogens is 402 g/mol. The van der Waals surface area contributed by atoms with Crippen LogP contribution in [0.5, 0.6) is 0 Å². The molecular formula is C21H19N5O3S. The highest BCUT2D eigenvalue weighted by atomic mass is 32.2. The molecule has 0 radical (unpaired) electrons. The molecule has 1 aromatic carbocycles. The zero-order chi connectivity index (χ0) is 21.3. The maximum atomic E-state index is 13.2. The maximum Gasteiger partial charge on any atom is 0.340 e. The summed E-state index contributed by atoms with van der Waals surface area (Å²) in [4.78, 5) is 34.2. The topological polar surface area (TPSA) is 103 Å². The van der Waals surface area contributed by atoms with E-state index in [0.717, 1.165) is 11.3 Å². The number of aryl methyl sites for hydroxylation is 2. The molecule has 0 spiro atoms. The normalized spacial score (nSPS) is 11.0. The zero-order valence-electron chi connectivity index (χ0n) is 16.7. The number of aromatic nitrogens is 5. The molecule has 3 heterocycles. The van der Waals surface area contributed by atoms with Crippen molar-refractivity contribution in [1.82, 2.24) is 24.7 Å². The summed E-state index contributed by atoms with van der Waals surface area (Å²) in [6.07, 6.45) is 1.57. The highest BCUT2D eigenvalue weighted by Crippen LogP contribution is 2.23. The second-order valence-electron chi connectivity index (χ2n) is 6.64. The number of benzene rings is 1. The number of esters is 1. The van der Waals surface area contributed by atoms with E-state index in [1.54, 1.807) is 26.1 Å². The van der Waals surface area contributed by atoms with Gasteiger partial charge in [0.2, 0.25) is 11.1 Å². The van der Waals surface area contributed by atoms with Gasteiger partial charge < -0.3 is 4.74 Å². The fourth-order valence-electron chi connectivity index (χ4n) is 3.31. The highest BCUT2D eigenvalue weighted by molar-refractivity contribution is 7.98. The van der Waals surface area contributed by atoms with Crippen LogP contribution in [0.1, 0.15) is 27.3 Å². The predicted molar refractivity (Wildman–Crippen MR) is 114 cm³/mol. The van der Waals surface area contributed by atoms with Crippen molar-refractivity contribution in [2.24, 2.45) is 0 Å². The van der Waals surface area contributed by atoms with Crippen molar-refractivity contribution in [2.45, 2.75) is 24.8 Å². The lowest BCUT2D eigenvalue weighted by atomic mass is 10.0. The maximum absolute atomic E-state index is 13.2. The van der Waals surface area contributed by atoms with Crippen LogP contribution in [0.4, 0.5) is 0 Å². The molecule has 0 unspecified atom stereocenters. The minimum absolute atomic E-state index is 0.291. The Balaban J connectivity index is 1.72. The van der Waals surface area contributed by atoms with E-state index in [4.69, 9.17) is 4.74 Å². The Morgan fingerprint density at radius 2 is 1.90 bits per heavy atom. The van der Waals surface area contributed by atoms with Gasteiger partial charge in [0.25, 0.3) is 5.56 Å². The Bertz CT molecular complexity index is 1300. The fraction of sp³-hybridized carbons (Fsp3) is 0.190. The summed E-state index contributed by atoms with van der Waals surface area (Å²) < 4.78 is 6.24. The van der Waals surface area contributed by atoms with E-state index in [0.29, 0.717) is 38.8 Å². The standard InChI is InChI=1S/C21H19N5O3S/c1-12-16-15(17(13(2)22-12)19(28)29-3)9-10-26(18(16)27)20-23-21(25-24-20)30-11-14-7-5-4-6-8-14/h4-10H,11H2,1-3H3,(H,23,24,25). The van der Waals surface area contributed by atoms with Gasteiger partial charge in [-0.25, -0.2) is 9.89 Å². The average molecular weight is 421 g/mol. The smallest absolute Gasteiger partial charge is 0.340 e. The number of pyridine rings is 2. The van der Waals surface area contributed by atoms with Crippen LogP contribution in [0.15, 0.2) is 52.5 Å². The molecule has 0 bridgehead atoms. The summed E-state index contributed by atoms with van der Waals surface area (Å²) >= 11 is 1.47. The monoisotopic (exact) mass is 421 g/mol. The average Bonchev–Trinajstić information content (AvgIpc) is 3.21. The molecule has 0 fully saturated rings. The second-order valence-corrected chi connectivity index (χ2v) is 7.59. The van der Waals surface area contributed by atoms with Gasteiger partial charge in [-0.2, -0.15) is 4.98 Å². The number of carbonyl (C=O) groups excluding carboxylic acids is 1. The van der Waals surface area contributed by atoms with Crippen LogP contribution in [0.2, 0.25) is 0 Å². The van der Waals surface area contributed by atoms with Crippen molar-refractivity contribution in [2.75, 3.05) is 7.11 Å². The summed E-state index contributed by atoms with van der Waals surface area (Å²) in [5, 5.41) is 8.40. The van der Waals surface area contributed by atoms with Gasteiger partial charge in [-0.15, -0.1) is 5.10 Å². The lowest BCUT2D eigenvalue weighted by molar-refractivity contribution is 0.0601. The minimum atomic E-state index is -0.526. The van der Waals surface area contributed by atoms with Crippen LogP contribution in [-0.4, -0.2) is 37.8 Å². The van der Waals surface area contributed by atoms with E-state index < -0.39 is 5.97 Å². The van der Waals surface area contributed by atoms with Gasteiger partial charge in [0, 0.05) is 17.3 Å². The third-order valence-electron chi connectivity index (χ3n) is 4.70. The Morgan fingerprint density at radius 3 is 2.63 bits per heavy atom. The number of carbonyl (C=O) groups is 1. The summed E-state index contributed by atoms with van der Waals surface area (Å²) in [6.45, 7) is 3.46. The molecule has 8 nitrogen and oxygen atoms in total. The van der Waals surface area contributed by atoms with Crippen molar-refractivity contribution >= 4 is 28.5 Å². The molecule has 0 aliphatic heterocycles. The van der Waals surface area contributed by atoms with Gasteiger partial charge in [0.1, 0.15) is 0 Å². The molecule has 152 valence electrons. The summed E-state index contributed by atoms with van der Waals surface area (Å²) in [5.74, 6) is 0.494. The third kappa shape index (κ3) is 3.59. The van der Waals surface area contributed by atoms with E-state index >= 15 is 0 Å². The fourth-order valence-corrected chi connectivity index (χ4v) is 4.06. The Hall–Kier alpha value is -3.46. The van der Waals surface area contributed by atoms with E-state index in [2.05, 4.69) is 20.2 Å². The molecule has 4 aromatic rings. The molecule has 0 saturated carbocycles. The first-order valence-electron chi connectivity index (χ1n) is 9.20. The van der Waals surface area contributed by atoms with Crippen molar-refractivity contribution in [3.8, 4) is 5.95 Å². The van der Waals surface area contributed by atoms with Crippen LogP contribution in [0, 0.1) is 13.8 Å². The number of nitrogens with zero attached hydrogens (tertiary/aromatic N) is 4. The molecule has 30 heavy (non-hydrogen) atoms. The Kier molecular flexibility index (Phi) is 5.37. The van der Waals surface area contributed by atoms with Gasteiger partial charge in [0.05, 0.1) is 29.4 Å². The number of ether oxygens (including phenoxy) is 1. The SMILES string of the molecule is COC(=O)c1c(C)nc(C)c2c(=O)n(-c3nc(SCc4ccccc4)n[nH]3)ccc12. The Labute approximate surface area is 176 Å². The number of hydrogen-bond acceptors (Lipinski definition) is 7. The molecule has 0 aliphatic rings. The molecule has 0 aliphatic carbocycles. The first kappa shape index (κ1) is 19.8. The lowest BCUT2D eigenvalue weighted by Gasteiger charge is -2.11. The molecule has 1 N–H and O–H groups in total. The third-order valence-corrected chi connectivity index (χ3v) is 5.62. The number of methoxy groups -OCH3 is 1.